The van der Waals surface area contributed by atoms with Crippen molar-refractivity contribution in [2.45, 2.75) is 19.3 Å². The first-order valence-electron chi connectivity index (χ1n) is 15.2. The van der Waals surface area contributed by atoms with Gasteiger partial charge in [-0.3, -0.25) is 4.40 Å². The number of hydrogen-bond donors (Lipinski definition) is 0. The minimum Gasteiger partial charge on any atom is -0.296 e. The third-order valence-corrected chi connectivity index (χ3v) is 9.44. The van der Waals surface area contributed by atoms with Crippen LogP contribution < -0.4 is 0 Å². The lowest BCUT2D eigenvalue weighted by molar-refractivity contribution is 0.660. The molecule has 0 bridgehead atoms. The van der Waals surface area contributed by atoms with Crippen molar-refractivity contribution in [1.82, 2.24) is 14.4 Å². The van der Waals surface area contributed by atoms with Gasteiger partial charge in [0.05, 0.1) is 17.6 Å². The van der Waals surface area contributed by atoms with Crippen molar-refractivity contribution < 1.29 is 0 Å². The van der Waals surface area contributed by atoms with Crippen LogP contribution in [0.4, 0.5) is 0 Å². The predicted molar refractivity (Wildman–Crippen MR) is 182 cm³/mol. The monoisotopic (exact) mass is 563 g/mol. The summed E-state index contributed by atoms with van der Waals surface area (Å²) in [7, 11) is 0. The summed E-state index contributed by atoms with van der Waals surface area (Å²) in [5.41, 5.74) is 12.3. The molecule has 44 heavy (non-hydrogen) atoms. The maximum atomic E-state index is 5.34. The molecule has 0 amide bonds. The first-order chi connectivity index (χ1) is 21.5. The summed E-state index contributed by atoms with van der Waals surface area (Å²) in [5.74, 6) is 0. The Morgan fingerprint density at radius 3 is 1.93 bits per heavy atom. The van der Waals surface area contributed by atoms with Crippen LogP contribution in [0.25, 0.3) is 72.1 Å². The van der Waals surface area contributed by atoms with Crippen LogP contribution in [-0.4, -0.2) is 14.4 Å². The molecule has 0 saturated carbocycles. The maximum Gasteiger partial charge on any atom is 0.164 e. The smallest absolute Gasteiger partial charge is 0.164 e. The molecule has 0 saturated heterocycles. The van der Waals surface area contributed by atoms with Gasteiger partial charge in [0.1, 0.15) is 5.69 Å². The molecule has 2 heterocycles. The minimum atomic E-state index is -0.0848. The highest BCUT2D eigenvalue weighted by Gasteiger charge is 2.35. The van der Waals surface area contributed by atoms with Crippen molar-refractivity contribution in [3.05, 3.63) is 151 Å². The van der Waals surface area contributed by atoms with Crippen LogP contribution in [0.2, 0.25) is 0 Å². The van der Waals surface area contributed by atoms with Gasteiger partial charge in [-0.15, -0.1) is 0 Å². The minimum absolute atomic E-state index is 0.0848. The summed E-state index contributed by atoms with van der Waals surface area (Å²) in [5, 5.41) is 4.84. The quantitative estimate of drug-likeness (QED) is 0.214. The number of imidazole rings is 1. The van der Waals surface area contributed by atoms with Gasteiger partial charge in [0.15, 0.2) is 5.65 Å². The van der Waals surface area contributed by atoms with Crippen molar-refractivity contribution >= 4 is 27.2 Å². The third-order valence-electron chi connectivity index (χ3n) is 9.44. The molecule has 1 aliphatic rings. The average molecular weight is 564 g/mol. The highest BCUT2D eigenvalue weighted by Crippen LogP contribution is 2.49. The zero-order valence-electron chi connectivity index (χ0n) is 24.6. The Balaban J connectivity index is 1.28. The van der Waals surface area contributed by atoms with Gasteiger partial charge in [-0.2, -0.15) is 0 Å². The van der Waals surface area contributed by atoms with E-state index in [1.807, 2.05) is 6.20 Å². The van der Waals surface area contributed by atoms with Gasteiger partial charge >= 0.3 is 0 Å². The van der Waals surface area contributed by atoms with Crippen molar-refractivity contribution in [3.8, 4) is 44.9 Å². The van der Waals surface area contributed by atoms with Crippen molar-refractivity contribution in [2.75, 3.05) is 0 Å². The fourth-order valence-corrected chi connectivity index (χ4v) is 7.08. The van der Waals surface area contributed by atoms with Crippen molar-refractivity contribution in [3.63, 3.8) is 0 Å². The molecule has 3 heteroatoms. The first kappa shape index (κ1) is 25.0. The van der Waals surface area contributed by atoms with E-state index in [1.54, 1.807) is 0 Å². The highest BCUT2D eigenvalue weighted by molar-refractivity contribution is 5.91. The Morgan fingerprint density at radius 2 is 1.16 bits per heavy atom. The molecule has 9 rings (SSSR count). The molecule has 1 aliphatic carbocycles. The van der Waals surface area contributed by atoms with E-state index in [2.05, 4.69) is 152 Å². The normalized spacial score (nSPS) is 13.4. The maximum absolute atomic E-state index is 5.34. The van der Waals surface area contributed by atoms with Gasteiger partial charge < -0.3 is 0 Å². The summed E-state index contributed by atoms with van der Waals surface area (Å²) < 4.78 is 2.23. The first-order valence-corrected chi connectivity index (χ1v) is 15.2. The predicted octanol–water partition coefficient (Wildman–Crippen LogP) is 10.3. The SMILES string of the molecule is CC1(C)c2ccccc2-c2ccc(-c3cn4c(-c5ccc6ccccc6c5)cnc4c(-c4ccc5ccccc5c4)n3)cc21. The largest absolute Gasteiger partial charge is 0.296 e. The molecule has 0 aliphatic heterocycles. The fraction of sp³-hybridized carbons (Fsp3) is 0.0732. The molecule has 2 aromatic heterocycles. The van der Waals surface area contributed by atoms with Gasteiger partial charge in [-0.25, -0.2) is 9.97 Å². The summed E-state index contributed by atoms with van der Waals surface area (Å²) in [4.78, 5) is 10.3. The van der Waals surface area contributed by atoms with Crippen LogP contribution in [0.15, 0.2) is 140 Å². The van der Waals surface area contributed by atoms with E-state index in [9.17, 15) is 0 Å². The van der Waals surface area contributed by atoms with Crippen LogP contribution in [-0.2, 0) is 5.41 Å². The lowest BCUT2D eigenvalue weighted by Crippen LogP contribution is -2.15. The second kappa shape index (κ2) is 9.23. The molecular formula is C41H29N3. The molecule has 3 nitrogen and oxygen atoms in total. The molecule has 0 atom stereocenters. The third kappa shape index (κ3) is 3.69. The molecule has 208 valence electrons. The van der Waals surface area contributed by atoms with Crippen molar-refractivity contribution in [1.29, 1.82) is 0 Å². The fourth-order valence-electron chi connectivity index (χ4n) is 7.08. The molecule has 0 fully saturated rings. The Hall–Kier alpha value is -5.54. The van der Waals surface area contributed by atoms with Crippen molar-refractivity contribution in [2.24, 2.45) is 0 Å². The molecule has 0 N–H and O–H groups in total. The Bertz CT molecular complexity index is 2430. The van der Waals surface area contributed by atoms with Crippen LogP contribution in [0.1, 0.15) is 25.0 Å². The van der Waals surface area contributed by atoms with Crippen LogP contribution in [0, 0.1) is 0 Å². The number of aromatic nitrogens is 3. The Kier molecular flexibility index (Phi) is 5.24. The van der Waals surface area contributed by atoms with E-state index in [0.29, 0.717) is 0 Å². The van der Waals surface area contributed by atoms with Crippen LogP contribution in [0.3, 0.4) is 0 Å². The molecule has 8 aromatic rings. The lowest BCUT2D eigenvalue weighted by Gasteiger charge is -2.22. The topological polar surface area (TPSA) is 30.2 Å². The van der Waals surface area contributed by atoms with E-state index >= 15 is 0 Å². The van der Waals surface area contributed by atoms with Gasteiger partial charge in [0.2, 0.25) is 0 Å². The zero-order chi connectivity index (χ0) is 29.4. The second-order valence-corrected chi connectivity index (χ2v) is 12.4. The Morgan fingerprint density at radius 1 is 0.545 bits per heavy atom. The summed E-state index contributed by atoms with van der Waals surface area (Å²) in [6.07, 6.45) is 4.14. The Labute approximate surface area is 256 Å². The molecule has 0 radical (unpaired) electrons. The zero-order valence-corrected chi connectivity index (χ0v) is 24.6. The van der Waals surface area contributed by atoms with E-state index in [1.165, 1.54) is 43.8 Å². The highest BCUT2D eigenvalue weighted by atomic mass is 15.0. The number of fused-ring (bicyclic) bond motifs is 6. The van der Waals surface area contributed by atoms with Crippen LogP contribution >= 0.6 is 0 Å². The molecule has 0 unspecified atom stereocenters. The van der Waals surface area contributed by atoms with E-state index < -0.39 is 0 Å². The van der Waals surface area contributed by atoms with E-state index in [4.69, 9.17) is 9.97 Å². The standard InChI is InChI=1S/C41H29N3/c1-41(2)35-14-8-7-13-33(35)34-20-19-30(23-36(34)41)37-25-44-38(31-17-15-26-9-3-5-11-28(26)21-31)24-42-40(44)39(43-37)32-18-16-27-10-4-6-12-29(27)22-32/h3-25H,1-2H3. The van der Waals surface area contributed by atoms with Gasteiger partial charge in [-0.1, -0.05) is 123 Å². The molecule has 0 spiro atoms. The molecular weight excluding hydrogens is 534 g/mol. The molecule has 6 aromatic carbocycles. The number of nitrogens with zero attached hydrogens (tertiary/aromatic N) is 3. The van der Waals surface area contributed by atoms with Gasteiger partial charge in [-0.05, 0) is 62.0 Å². The number of hydrogen-bond acceptors (Lipinski definition) is 2. The van der Waals surface area contributed by atoms with E-state index in [0.717, 1.165) is 39.4 Å². The van der Waals surface area contributed by atoms with Crippen LogP contribution in [0.5, 0.6) is 0 Å². The van der Waals surface area contributed by atoms with E-state index in [-0.39, 0.29) is 5.41 Å². The summed E-state index contributed by atoms with van der Waals surface area (Å²) in [6.45, 7) is 4.65. The van der Waals surface area contributed by atoms with Gasteiger partial charge in [0.25, 0.3) is 0 Å². The second-order valence-electron chi connectivity index (χ2n) is 12.4. The average Bonchev–Trinajstić information content (AvgIpc) is 3.60. The summed E-state index contributed by atoms with van der Waals surface area (Å²) >= 11 is 0. The van der Waals surface area contributed by atoms with Gasteiger partial charge in [0, 0.05) is 28.3 Å². The lowest BCUT2D eigenvalue weighted by atomic mass is 9.82. The number of benzene rings is 6. The summed E-state index contributed by atoms with van der Waals surface area (Å²) in [6, 6.07) is 45.8. The number of rotatable bonds is 3.